The maximum absolute atomic E-state index is 8.32. The molecule has 1 rings (SSSR count). The fourth-order valence-electron chi connectivity index (χ4n) is 0.877. The van der Waals surface area contributed by atoms with Crippen molar-refractivity contribution in [3.63, 3.8) is 0 Å². The van der Waals surface area contributed by atoms with Gasteiger partial charge in [-0.25, -0.2) is 0 Å². The summed E-state index contributed by atoms with van der Waals surface area (Å²) in [5.41, 5.74) is 6.52. The van der Waals surface area contributed by atoms with Crippen molar-refractivity contribution in [2.45, 2.75) is 5.75 Å². The van der Waals surface area contributed by atoms with E-state index >= 15 is 0 Å². The Bertz CT molecular complexity index is 368. The van der Waals surface area contributed by atoms with Gasteiger partial charge in [-0.1, -0.05) is 0 Å². The summed E-state index contributed by atoms with van der Waals surface area (Å²) in [4.78, 5) is 5.19. The summed E-state index contributed by atoms with van der Waals surface area (Å²) in [5, 5.41) is 8.32. The van der Waals surface area contributed by atoms with Crippen LogP contribution in [0.5, 0.6) is 0 Å². The predicted molar refractivity (Wildman–Crippen MR) is 65.9 cm³/mol. The first-order valence-corrected chi connectivity index (χ1v) is 6.40. The second-order valence-electron chi connectivity index (χ2n) is 2.94. The highest BCUT2D eigenvalue weighted by atomic mass is 32.2. The lowest BCUT2D eigenvalue weighted by Gasteiger charge is -2.15. The monoisotopic (exact) mass is 256 g/mol. The van der Waals surface area contributed by atoms with Crippen molar-refractivity contribution in [3.8, 4) is 6.19 Å². The van der Waals surface area contributed by atoms with E-state index < -0.39 is 0 Å². The van der Waals surface area contributed by atoms with Gasteiger partial charge in [0.15, 0.2) is 0 Å². The number of nitrogens with two attached hydrogens (primary N) is 1. The first-order valence-electron chi connectivity index (χ1n) is 4.51. The summed E-state index contributed by atoms with van der Waals surface area (Å²) >= 11 is 2.96. The summed E-state index contributed by atoms with van der Waals surface area (Å²) in [7, 11) is 1.81. The fourth-order valence-corrected chi connectivity index (χ4v) is 2.29. The molecule has 8 heteroatoms. The van der Waals surface area contributed by atoms with Crippen LogP contribution in [0, 0.1) is 11.5 Å². The number of nitrogens with zero attached hydrogens (tertiary/aromatic N) is 5. The van der Waals surface area contributed by atoms with E-state index in [9.17, 15) is 0 Å². The van der Waals surface area contributed by atoms with Crippen LogP contribution in [0.1, 0.15) is 5.69 Å². The molecule has 0 radical (unpaired) electrons. The van der Waals surface area contributed by atoms with Crippen molar-refractivity contribution < 1.29 is 0 Å². The Morgan fingerprint density at radius 1 is 1.81 bits per heavy atom. The number of nitriles is 1. The highest BCUT2D eigenvalue weighted by Crippen LogP contribution is 2.09. The van der Waals surface area contributed by atoms with Crippen molar-refractivity contribution in [2.75, 3.05) is 19.3 Å². The lowest BCUT2D eigenvalue weighted by molar-refractivity contribution is 0.534. The number of thioether (sulfide) groups is 1. The van der Waals surface area contributed by atoms with Gasteiger partial charge >= 0.3 is 0 Å². The number of hydrogen-bond acceptors (Lipinski definition) is 6. The molecule has 0 amide bonds. The Morgan fingerprint density at radius 2 is 2.62 bits per heavy atom. The average Bonchev–Trinajstić information content (AvgIpc) is 2.77. The Labute approximate surface area is 102 Å². The quantitative estimate of drug-likeness (QED) is 0.357. The largest absolute Gasteiger partial charge is 0.369 e. The van der Waals surface area contributed by atoms with Crippen molar-refractivity contribution >= 4 is 29.4 Å². The van der Waals surface area contributed by atoms with Gasteiger partial charge in [0.2, 0.25) is 12.2 Å². The van der Waals surface area contributed by atoms with Gasteiger partial charge in [-0.05, 0) is 0 Å². The van der Waals surface area contributed by atoms with Crippen LogP contribution in [-0.4, -0.2) is 39.0 Å². The highest BCUT2D eigenvalue weighted by molar-refractivity contribution is 7.98. The van der Waals surface area contributed by atoms with Crippen LogP contribution >= 0.6 is 23.5 Å². The minimum absolute atomic E-state index is 0.249. The Kier molecular flexibility index (Phi) is 5.60. The zero-order valence-electron chi connectivity index (χ0n) is 8.83. The molecule has 0 spiro atoms. The van der Waals surface area contributed by atoms with Crippen LogP contribution in [0.25, 0.3) is 0 Å². The number of guanidine groups is 1. The van der Waals surface area contributed by atoms with Gasteiger partial charge in [0.1, 0.15) is 0 Å². The van der Waals surface area contributed by atoms with Gasteiger partial charge in [0, 0.05) is 25.1 Å². The fraction of sp³-hybridized carbons (Fsp3) is 0.500. The van der Waals surface area contributed by atoms with E-state index in [1.165, 1.54) is 11.7 Å². The number of aliphatic imine (C=N–C) groups is 1. The van der Waals surface area contributed by atoms with E-state index in [1.54, 1.807) is 36.1 Å². The molecule has 0 atom stereocenters. The maximum Gasteiger partial charge on any atom is 0.209 e. The topological polar surface area (TPSA) is 91.2 Å². The van der Waals surface area contributed by atoms with Crippen LogP contribution in [0.2, 0.25) is 0 Å². The molecule has 0 bridgehead atoms. The molecule has 0 aliphatic rings. The normalized spacial score (nSPS) is 11.1. The molecule has 0 aliphatic carbocycles. The third-order valence-corrected chi connectivity index (χ3v) is 3.27. The first-order chi connectivity index (χ1) is 7.74. The molecule has 0 unspecified atom stereocenters. The molecule has 1 aromatic rings. The molecular formula is C8H12N6S2. The smallest absolute Gasteiger partial charge is 0.209 e. The van der Waals surface area contributed by atoms with Gasteiger partial charge < -0.3 is 10.6 Å². The lowest BCUT2D eigenvalue weighted by atomic mass is 10.6. The first kappa shape index (κ1) is 12.7. The van der Waals surface area contributed by atoms with Crippen LogP contribution < -0.4 is 5.73 Å². The molecule has 86 valence electrons. The van der Waals surface area contributed by atoms with E-state index in [0.29, 0.717) is 0 Å². The molecule has 0 aromatic carbocycles. The highest BCUT2D eigenvalue weighted by Gasteiger charge is 2.02. The van der Waals surface area contributed by atoms with Gasteiger partial charge in [0.25, 0.3) is 0 Å². The van der Waals surface area contributed by atoms with E-state index in [4.69, 9.17) is 11.0 Å². The Morgan fingerprint density at radius 3 is 3.25 bits per heavy atom. The molecule has 2 N–H and O–H groups in total. The Hall–Kier alpha value is -1.33. The maximum atomic E-state index is 8.32. The number of aromatic nitrogens is 2. The average molecular weight is 256 g/mol. The van der Waals surface area contributed by atoms with Crippen molar-refractivity contribution in [1.29, 1.82) is 5.26 Å². The predicted octanol–water partition coefficient (Wildman–Crippen LogP) is 0.499. The molecule has 0 saturated carbocycles. The minimum Gasteiger partial charge on any atom is -0.369 e. The van der Waals surface area contributed by atoms with Gasteiger partial charge in [-0.15, -0.1) is 4.99 Å². The van der Waals surface area contributed by atoms with Crippen LogP contribution in [0.3, 0.4) is 0 Å². The molecule has 0 saturated heterocycles. The van der Waals surface area contributed by atoms with Gasteiger partial charge in [-0.2, -0.15) is 25.8 Å². The summed E-state index contributed by atoms with van der Waals surface area (Å²) in [6, 6.07) is 0. The molecule has 1 heterocycles. The molecule has 0 fully saturated rings. The molecule has 1 aromatic heterocycles. The minimum atomic E-state index is 0.249. The van der Waals surface area contributed by atoms with E-state index in [-0.39, 0.29) is 5.96 Å². The summed E-state index contributed by atoms with van der Waals surface area (Å²) in [5.74, 6) is 1.99. The van der Waals surface area contributed by atoms with Gasteiger partial charge in [-0.3, -0.25) is 0 Å². The van der Waals surface area contributed by atoms with Crippen LogP contribution in [0.4, 0.5) is 0 Å². The lowest BCUT2D eigenvalue weighted by Crippen LogP contribution is -2.35. The summed E-state index contributed by atoms with van der Waals surface area (Å²) < 4.78 is 8.02. The summed E-state index contributed by atoms with van der Waals surface area (Å²) in [6.07, 6.45) is 3.43. The third-order valence-electron chi connectivity index (χ3n) is 1.78. The van der Waals surface area contributed by atoms with Crippen molar-refractivity contribution in [1.82, 2.24) is 13.6 Å². The van der Waals surface area contributed by atoms with Gasteiger partial charge in [0.05, 0.1) is 23.6 Å². The van der Waals surface area contributed by atoms with Crippen molar-refractivity contribution in [2.24, 2.45) is 10.7 Å². The standard InChI is InChI=1S/C8H12N6S2/c1-14(8(10)11-6-9)2-3-15-5-7-4-12-16-13-7/h4H,2-3,5H2,1H3,(H2,10,11). The second kappa shape index (κ2) is 7.03. The Balaban J connectivity index is 2.16. The van der Waals surface area contributed by atoms with Crippen molar-refractivity contribution in [3.05, 3.63) is 11.9 Å². The molecule has 0 aliphatic heterocycles. The number of rotatable bonds is 5. The molecule has 6 nitrogen and oxygen atoms in total. The second-order valence-corrected chi connectivity index (χ2v) is 4.60. The van der Waals surface area contributed by atoms with E-state index in [0.717, 1.165) is 23.7 Å². The zero-order valence-corrected chi connectivity index (χ0v) is 10.5. The molecular weight excluding hydrogens is 244 g/mol. The number of hydrogen-bond donors (Lipinski definition) is 1. The molecule has 16 heavy (non-hydrogen) atoms. The SMILES string of the molecule is CN(CCSCc1cnsn1)C(N)=NC#N. The third kappa shape index (κ3) is 4.46. The zero-order chi connectivity index (χ0) is 11.8. The van der Waals surface area contributed by atoms with E-state index in [2.05, 4.69) is 13.7 Å². The van der Waals surface area contributed by atoms with E-state index in [1.807, 2.05) is 0 Å². The van der Waals surface area contributed by atoms with Crippen LogP contribution in [-0.2, 0) is 5.75 Å². The summed E-state index contributed by atoms with van der Waals surface area (Å²) in [6.45, 7) is 0.749. The van der Waals surface area contributed by atoms with Crippen LogP contribution in [0.15, 0.2) is 11.2 Å².